The lowest BCUT2D eigenvalue weighted by Gasteiger charge is -2.37. The molecule has 1 amide bonds. The van der Waals surface area contributed by atoms with Crippen LogP contribution in [0.3, 0.4) is 0 Å². The molecule has 3 rings (SSSR count). The Morgan fingerprint density at radius 1 is 1.07 bits per heavy atom. The Kier molecular flexibility index (Phi) is 6.76. The molecule has 6 heteroatoms. The molecular formula is C21H29N5O. The molecule has 1 N–H and O–H groups in total. The zero-order valence-electron chi connectivity index (χ0n) is 16.2. The molecule has 1 saturated heterocycles. The maximum Gasteiger partial charge on any atom is 0.237 e. The summed E-state index contributed by atoms with van der Waals surface area (Å²) in [5, 5.41) is 3.15. The summed E-state index contributed by atoms with van der Waals surface area (Å²) in [7, 11) is 0. The number of nitrogens with zero attached hydrogens (tertiary/aromatic N) is 4. The molecule has 0 saturated carbocycles. The molecule has 1 aromatic heterocycles. The van der Waals surface area contributed by atoms with Crippen molar-refractivity contribution in [2.45, 2.75) is 32.2 Å². The number of hydrogen-bond acceptors (Lipinski definition) is 5. The largest absolute Gasteiger partial charge is 0.354 e. The third-order valence-electron chi connectivity index (χ3n) is 5.36. The Morgan fingerprint density at radius 3 is 2.37 bits per heavy atom. The first-order valence-electron chi connectivity index (χ1n) is 9.77. The Morgan fingerprint density at radius 2 is 1.74 bits per heavy atom. The fourth-order valence-electron chi connectivity index (χ4n) is 3.52. The van der Waals surface area contributed by atoms with Gasteiger partial charge in [0.15, 0.2) is 0 Å². The van der Waals surface area contributed by atoms with E-state index in [1.807, 2.05) is 19.1 Å². The van der Waals surface area contributed by atoms with E-state index in [0.717, 1.165) is 38.5 Å². The van der Waals surface area contributed by atoms with E-state index < -0.39 is 0 Å². The number of carbonyl (C=O) groups is 1. The van der Waals surface area contributed by atoms with Crippen LogP contribution in [0.4, 0.5) is 5.95 Å². The summed E-state index contributed by atoms with van der Waals surface area (Å²) in [6.45, 7) is 8.19. The van der Waals surface area contributed by atoms with Gasteiger partial charge in [-0.3, -0.25) is 9.69 Å². The lowest BCUT2D eigenvalue weighted by molar-refractivity contribution is -0.126. The van der Waals surface area contributed by atoms with Gasteiger partial charge in [0.05, 0.1) is 6.04 Å². The second-order valence-corrected chi connectivity index (χ2v) is 7.01. The van der Waals surface area contributed by atoms with Gasteiger partial charge in [0.2, 0.25) is 11.9 Å². The number of hydrogen-bond donors (Lipinski definition) is 1. The van der Waals surface area contributed by atoms with Gasteiger partial charge in [0, 0.05) is 51.0 Å². The van der Waals surface area contributed by atoms with E-state index in [0.29, 0.717) is 12.5 Å². The number of piperazine rings is 1. The smallest absolute Gasteiger partial charge is 0.237 e. The van der Waals surface area contributed by atoms with Crippen LogP contribution >= 0.6 is 0 Å². The van der Waals surface area contributed by atoms with Crippen molar-refractivity contribution in [1.82, 2.24) is 20.2 Å². The molecule has 0 aliphatic carbocycles. The van der Waals surface area contributed by atoms with Gasteiger partial charge in [0.25, 0.3) is 0 Å². The number of carbonyl (C=O) groups excluding carboxylic acids is 1. The molecule has 2 aromatic rings. The van der Waals surface area contributed by atoms with Crippen LogP contribution < -0.4 is 10.2 Å². The van der Waals surface area contributed by atoms with Crippen LogP contribution in [0, 0.1) is 0 Å². The molecule has 144 valence electrons. The predicted molar refractivity (Wildman–Crippen MR) is 108 cm³/mol. The van der Waals surface area contributed by atoms with E-state index in [1.165, 1.54) is 5.56 Å². The minimum absolute atomic E-state index is 0.105. The van der Waals surface area contributed by atoms with Gasteiger partial charge in [-0.1, -0.05) is 37.3 Å². The van der Waals surface area contributed by atoms with Crippen molar-refractivity contribution in [2.75, 3.05) is 37.6 Å². The summed E-state index contributed by atoms with van der Waals surface area (Å²) in [5.41, 5.74) is 1.28. The molecular weight excluding hydrogens is 338 g/mol. The Bertz CT molecular complexity index is 701. The van der Waals surface area contributed by atoms with E-state index in [2.05, 4.69) is 56.3 Å². The van der Waals surface area contributed by atoms with E-state index in [-0.39, 0.29) is 11.9 Å². The minimum Gasteiger partial charge on any atom is -0.354 e. The zero-order chi connectivity index (χ0) is 19.1. The molecule has 2 heterocycles. The lowest BCUT2D eigenvalue weighted by atomic mass is 9.96. The predicted octanol–water partition coefficient (Wildman–Crippen LogP) is 2.30. The standard InChI is InChI=1S/C21H29N5O/c1-3-18(19-8-5-4-6-9-19)16-24-20(27)17(2)25-12-14-26(15-13-25)21-22-10-7-11-23-21/h4-11,17-18H,3,12-16H2,1-2H3,(H,24,27)/t17-,18+/m1/s1. The summed E-state index contributed by atoms with van der Waals surface area (Å²) >= 11 is 0. The van der Waals surface area contributed by atoms with Gasteiger partial charge >= 0.3 is 0 Å². The highest BCUT2D eigenvalue weighted by atomic mass is 16.2. The van der Waals surface area contributed by atoms with Crippen LogP contribution in [-0.2, 0) is 4.79 Å². The van der Waals surface area contributed by atoms with Crippen molar-refractivity contribution in [1.29, 1.82) is 0 Å². The van der Waals surface area contributed by atoms with E-state index >= 15 is 0 Å². The number of anilines is 1. The number of amides is 1. The molecule has 6 nitrogen and oxygen atoms in total. The van der Waals surface area contributed by atoms with Gasteiger partial charge in [-0.05, 0) is 25.0 Å². The van der Waals surface area contributed by atoms with E-state index in [4.69, 9.17) is 0 Å². The highest BCUT2D eigenvalue weighted by Crippen LogP contribution is 2.18. The van der Waals surface area contributed by atoms with Gasteiger partial charge in [-0.15, -0.1) is 0 Å². The van der Waals surface area contributed by atoms with Crippen LogP contribution in [0.25, 0.3) is 0 Å². The highest BCUT2D eigenvalue weighted by molar-refractivity contribution is 5.81. The summed E-state index contributed by atoms with van der Waals surface area (Å²) in [4.78, 5) is 25.7. The molecule has 2 atom stereocenters. The fraction of sp³-hybridized carbons (Fsp3) is 0.476. The van der Waals surface area contributed by atoms with Crippen LogP contribution in [-0.4, -0.2) is 59.5 Å². The van der Waals surface area contributed by atoms with Gasteiger partial charge in [-0.25, -0.2) is 9.97 Å². The number of rotatable bonds is 7. The van der Waals surface area contributed by atoms with Gasteiger partial charge < -0.3 is 10.2 Å². The molecule has 1 aliphatic heterocycles. The SMILES string of the molecule is CC[C@@H](CNC(=O)[C@@H](C)N1CCN(c2ncccn2)CC1)c1ccccc1. The average molecular weight is 367 g/mol. The molecule has 0 spiro atoms. The number of benzene rings is 1. The monoisotopic (exact) mass is 367 g/mol. The molecule has 0 radical (unpaired) electrons. The Labute approximate surface area is 161 Å². The van der Waals surface area contributed by atoms with Crippen molar-refractivity contribution in [3.63, 3.8) is 0 Å². The Balaban J connectivity index is 1.48. The molecule has 0 bridgehead atoms. The van der Waals surface area contributed by atoms with Crippen molar-refractivity contribution in [3.8, 4) is 0 Å². The van der Waals surface area contributed by atoms with Crippen LogP contribution in [0.1, 0.15) is 31.7 Å². The molecule has 1 aliphatic rings. The van der Waals surface area contributed by atoms with Crippen molar-refractivity contribution in [3.05, 3.63) is 54.4 Å². The van der Waals surface area contributed by atoms with E-state index in [9.17, 15) is 4.79 Å². The first-order chi connectivity index (χ1) is 13.2. The maximum absolute atomic E-state index is 12.7. The summed E-state index contributed by atoms with van der Waals surface area (Å²) in [5.74, 6) is 1.23. The lowest BCUT2D eigenvalue weighted by Crippen LogP contribution is -2.54. The zero-order valence-corrected chi connectivity index (χ0v) is 16.2. The quantitative estimate of drug-likeness (QED) is 0.814. The van der Waals surface area contributed by atoms with Gasteiger partial charge in [0.1, 0.15) is 0 Å². The summed E-state index contributed by atoms with van der Waals surface area (Å²) in [6.07, 6.45) is 4.54. The second kappa shape index (κ2) is 9.46. The Hall–Kier alpha value is -2.47. The third-order valence-corrected chi connectivity index (χ3v) is 5.36. The molecule has 1 aromatic carbocycles. The first kappa shape index (κ1) is 19.3. The minimum atomic E-state index is -0.128. The van der Waals surface area contributed by atoms with Crippen molar-refractivity contribution in [2.24, 2.45) is 0 Å². The molecule has 0 unspecified atom stereocenters. The molecule has 27 heavy (non-hydrogen) atoms. The van der Waals surface area contributed by atoms with Crippen LogP contribution in [0.2, 0.25) is 0 Å². The fourth-order valence-corrected chi connectivity index (χ4v) is 3.52. The van der Waals surface area contributed by atoms with Gasteiger partial charge in [-0.2, -0.15) is 0 Å². The normalized spacial score (nSPS) is 17.3. The topological polar surface area (TPSA) is 61.4 Å². The average Bonchev–Trinajstić information content (AvgIpc) is 2.75. The highest BCUT2D eigenvalue weighted by Gasteiger charge is 2.26. The van der Waals surface area contributed by atoms with Crippen molar-refractivity contribution >= 4 is 11.9 Å². The summed E-state index contributed by atoms with van der Waals surface area (Å²) < 4.78 is 0. The first-order valence-corrected chi connectivity index (χ1v) is 9.77. The molecule has 1 fully saturated rings. The van der Waals surface area contributed by atoms with Crippen molar-refractivity contribution < 1.29 is 4.79 Å². The maximum atomic E-state index is 12.7. The number of nitrogens with one attached hydrogen (secondary N) is 1. The van der Waals surface area contributed by atoms with E-state index in [1.54, 1.807) is 12.4 Å². The van der Waals surface area contributed by atoms with Crippen LogP contribution in [0.15, 0.2) is 48.8 Å². The van der Waals surface area contributed by atoms with Crippen LogP contribution in [0.5, 0.6) is 0 Å². The number of aromatic nitrogens is 2. The second-order valence-electron chi connectivity index (χ2n) is 7.01. The summed E-state index contributed by atoms with van der Waals surface area (Å²) in [6, 6.07) is 12.1. The third kappa shape index (κ3) is 5.04.